The van der Waals surface area contributed by atoms with Gasteiger partial charge in [-0.15, -0.1) is 0 Å². The maximum Gasteiger partial charge on any atom is 0.413 e. The van der Waals surface area contributed by atoms with Crippen LogP contribution in [0.4, 0.5) is 4.79 Å². The highest BCUT2D eigenvalue weighted by Gasteiger charge is 2.02. The summed E-state index contributed by atoms with van der Waals surface area (Å²) in [6, 6.07) is 0. The Morgan fingerprint density at radius 2 is 2.44 bits per heavy atom. The summed E-state index contributed by atoms with van der Waals surface area (Å²) in [5.74, 6) is 0.939. The smallest absolute Gasteiger partial charge is 0.413 e. The predicted molar refractivity (Wildman–Crippen MR) is 63.1 cm³/mol. The second-order valence-corrected chi connectivity index (χ2v) is 3.45. The SMILES string of the molecule is COC(=O)NC(=S)NCCn1ccnc1C. The predicted octanol–water partition coefficient (Wildman–Crippen LogP) is 0.422. The third-order valence-electron chi connectivity index (χ3n) is 1.96. The molecule has 88 valence electrons. The van der Waals surface area contributed by atoms with Crippen LogP contribution in [0.5, 0.6) is 0 Å². The van der Waals surface area contributed by atoms with Crippen molar-refractivity contribution in [3.8, 4) is 0 Å². The number of carbonyl (C=O) groups is 1. The molecule has 0 spiro atoms. The van der Waals surface area contributed by atoms with Crippen molar-refractivity contribution in [3.05, 3.63) is 18.2 Å². The van der Waals surface area contributed by atoms with E-state index in [1.54, 1.807) is 6.20 Å². The van der Waals surface area contributed by atoms with Crippen LogP contribution >= 0.6 is 12.2 Å². The van der Waals surface area contributed by atoms with E-state index < -0.39 is 6.09 Å². The van der Waals surface area contributed by atoms with Crippen molar-refractivity contribution < 1.29 is 9.53 Å². The zero-order valence-electron chi connectivity index (χ0n) is 9.19. The first-order valence-electron chi connectivity index (χ1n) is 4.74. The molecule has 1 amide bonds. The van der Waals surface area contributed by atoms with E-state index in [2.05, 4.69) is 20.4 Å². The second kappa shape index (κ2) is 6.06. The number of thiocarbonyl (C=S) groups is 1. The molecule has 0 atom stereocenters. The molecule has 1 heterocycles. The first-order chi connectivity index (χ1) is 7.63. The normalized spacial score (nSPS) is 9.62. The summed E-state index contributed by atoms with van der Waals surface area (Å²) in [4.78, 5) is 14.9. The van der Waals surface area contributed by atoms with Gasteiger partial charge in [-0.05, 0) is 19.1 Å². The van der Waals surface area contributed by atoms with E-state index in [1.165, 1.54) is 7.11 Å². The van der Waals surface area contributed by atoms with Crippen molar-refractivity contribution in [2.24, 2.45) is 0 Å². The van der Waals surface area contributed by atoms with E-state index in [0.29, 0.717) is 6.54 Å². The molecule has 16 heavy (non-hydrogen) atoms. The van der Waals surface area contributed by atoms with Crippen LogP contribution in [0.3, 0.4) is 0 Å². The molecule has 0 fully saturated rings. The summed E-state index contributed by atoms with van der Waals surface area (Å²) in [5, 5.41) is 5.50. The molecule has 7 heteroatoms. The van der Waals surface area contributed by atoms with E-state index in [4.69, 9.17) is 12.2 Å². The summed E-state index contributed by atoms with van der Waals surface area (Å²) < 4.78 is 6.38. The van der Waals surface area contributed by atoms with Crippen molar-refractivity contribution in [1.29, 1.82) is 0 Å². The Labute approximate surface area is 99.0 Å². The molecule has 0 bridgehead atoms. The maximum atomic E-state index is 10.8. The van der Waals surface area contributed by atoms with Crippen molar-refractivity contribution in [1.82, 2.24) is 20.2 Å². The van der Waals surface area contributed by atoms with Crippen molar-refractivity contribution in [2.75, 3.05) is 13.7 Å². The van der Waals surface area contributed by atoms with Gasteiger partial charge in [0.25, 0.3) is 0 Å². The average Bonchev–Trinajstić information content (AvgIpc) is 2.64. The Kier molecular flexibility index (Phi) is 4.71. The summed E-state index contributed by atoms with van der Waals surface area (Å²) >= 11 is 4.88. The largest absolute Gasteiger partial charge is 0.453 e. The number of ether oxygens (including phenoxy) is 1. The molecule has 1 aromatic rings. The zero-order valence-corrected chi connectivity index (χ0v) is 10.0. The van der Waals surface area contributed by atoms with Gasteiger partial charge < -0.3 is 14.6 Å². The number of methoxy groups -OCH3 is 1. The number of nitrogens with zero attached hydrogens (tertiary/aromatic N) is 2. The zero-order chi connectivity index (χ0) is 12.0. The minimum absolute atomic E-state index is 0.254. The Morgan fingerprint density at radius 1 is 1.69 bits per heavy atom. The number of nitrogens with one attached hydrogen (secondary N) is 2. The maximum absolute atomic E-state index is 10.8. The summed E-state index contributed by atoms with van der Waals surface area (Å²) in [6.45, 7) is 3.26. The highest BCUT2D eigenvalue weighted by atomic mass is 32.1. The standard InChI is InChI=1S/C9H14N4O2S/c1-7-10-3-5-13(7)6-4-11-8(16)12-9(14)15-2/h3,5H,4,6H2,1-2H3,(H2,11,12,14,16). The van der Waals surface area contributed by atoms with Crippen LogP contribution in [-0.2, 0) is 11.3 Å². The number of imidazole rings is 1. The lowest BCUT2D eigenvalue weighted by Gasteiger charge is -2.09. The van der Waals surface area contributed by atoms with Gasteiger partial charge in [-0.3, -0.25) is 5.32 Å². The Hall–Kier alpha value is -1.63. The summed E-state index contributed by atoms with van der Waals surface area (Å²) in [5.41, 5.74) is 0. The molecule has 0 saturated carbocycles. The lowest BCUT2D eigenvalue weighted by atomic mass is 10.5. The molecule has 0 saturated heterocycles. The number of rotatable bonds is 3. The molecule has 0 aromatic carbocycles. The Balaban J connectivity index is 2.23. The van der Waals surface area contributed by atoms with Crippen molar-refractivity contribution in [2.45, 2.75) is 13.5 Å². The van der Waals surface area contributed by atoms with E-state index >= 15 is 0 Å². The third-order valence-corrected chi connectivity index (χ3v) is 2.21. The quantitative estimate of drug-likeness (QED) is 0.752. The fourth-order valence-electron chi connectivity index (χ4n) is 1.12. The summed E-state index contributed by atoms with van der Waals surface area (Å²) in [7, 11) is 1.28. The number of aromatic nitrogens is 2. The van der Waals surface area contributed by atoms with Crippen LogP contribution in [0.25, 0.3) is 0 Å². The highest BCUT2D eigenvalue weighted by molar-refractivity contribution is 7.80. The topological polar surface area (TPSA) is 68.2 Å². The van der Waals surface area contributed by atoms with Gasteiger partial charge in [0.2, 0.25) is 0 Å². The van der Waals surface area contributed by atoms with E-state index in [9.17, 15) is 4.79 Å². The second-order valence-electron chi connectivity index (χ2n) is 3.04. The summed E-state index contributed by atoms with van der Waals surface area (Å²) in [6.07, 6.45) is 3.05. The number of hydrogen-bond acceptors (Lipinski definition) is 4. The molecule has 2 N–H and O–H groups in total. The van der Waals surface area contributed by atoms with Gasteiger partial charge in [0.05, 0.1) is 7.11 Å². The van der Waals surface area contributed by atoms with Gasteiger partial charge >= 0.3 is 6.09 Å². The molecule has 1 aromatic heterocycles. The van der Waals surface area contributed by atoms with Gasteiger partial charge in [-0.2, -0.15) is 0 Å². The molecule has 1 rings (SSSR count). The molecular formula is C9H14N4O2S. The van der Waals surface area contributed by atoms with Crippen LogP contribution in [-0.4, -0.2) is 34.4 Å². The molecular weight excluding hydrogens is 228 g/mol. The molecule has 0 aliphatic rings. The number of carbonyl (C=O) groups excluding carboxylic acids is 1. The lowest BCUT2D eigenvalue weighted by Crippen LogP contribution is -2.40. The van der Waals surface area contributed by atoms with Crippen molar-refractivity contribution in [3.63, 3.8) is 0 Å². The Morgan fingerprint density at radius 3 is 3.00 bits per heavy atom. The molecule has 0 unspecified atom stereocenters. The Bertz CT molecular complexity index is 377. The van der Waals surface area contributed by atoms with Crippen molar-refractivity contribution >= 4 is 23.4 Å². The minimum Gasteiger partial charge on any atom is -0.453 e. The van der Waals surface area contributed by atoms with Crippen LogP contribution < -0.4 is 10.6 Å². The minimum atomic E-state index is -0.573. The molecule has 0 aliphatic heterocycles. The highest BCUT2D eigenvalue weighted by Crippen LogP contribution is 1.93. The van der Waals surface area contributed by atoms with E-state index in [1.807, 2.05) is 17.7 Å². The van der Waals surface area contributed by atoms with Gasteiger partial charge in [-0.1, -0.05) is 0 Å². The number of alkyl carbamates (subject to hydrolysis) is 1. The lowest BCUT2D eigenvalue weighted by molar-refractivity contribution is 0.176. The monoisotopic (exact) mass is 242 g/mol. The van der Waals surface area contributed by atoms with Crippen LogP contribution in [0.1, 0.15) is 5.82 Å². The molecule has 0 radical (unpaired) electrons. The third kappa shape index (κ3) is 3.85. The average molecular weight is 242 g/mol. The molecule has 0 aliphatic carbocycles. The van der Waals surface area contributed by atoms with Gasteiger partial charge in [0.1, 0.15) is 5.82 Å². The van der Waals surface area contributed by atoms with Crippen LogP contribution in [0.2, 0.25) is 0 Å². The first kappa shape index (κ1) is 12.4. The molecule has 6 nitrogen and oxygen atoms in total. The van der Waals surface area contributed by atoms with E-state index in [-0.39, 0.29) is 5.11 Å². The van der Waals surface area contributed by atoms with Gasteiger partial charge in [0.15, 0.2) is 5.11 Å². The van der Waals surface area contributed by atoms with Crippen LogP contribution in [0.15, 0.2) is 12.4 Å². The van der Waals surface area contributed by atoms with Gasteiger partial charge in [-0.25, -0.2) is 9.78 Å². The fraction of sp³-hybridized carbons (Fsp3) is 0.444. The number of aryl methyl sites for hydroxylation is 1. The fourth-order valence-corrected chi connectivity index (χ4v) is 1.30. The first-order valence-corrected chi connectivity index (χ1v) is 5.15. The van der Waals surface area contributed by atoms with Gasteiger partial charge in [0, 0.05) is 25.5 Å². The van der Waals surface area contributed by atoms with Crippen LogP contribution in [0, 0.1) is 6.92 Å². The van der Waals surface area contributed by atoms with E-state index in [0.717, 1.165) is 12.4 Å². The number of amides is 1. The number of hydrogen-bond donors (Lipinski definition) is 2.